The summed E-state index contributed by atoms with van der Waals surface area (Å²) in [5.41, 5.74) is 0. The van der Waals surface area contributed by atoms with Crippen molar-refractivity contribution < 1.29 is 0 Å². The molecule has 0 bridgehead atoms. The molecule has 1 aliphatic rings. The standard InChI is InChI=1S/C18H38N2/c1-6-9-16-10-11-18(19-8-3)17(12-16)14-20(5)13-15(4)7-2/h15-19H,6-14H2,1-5H3. The molecule has 0 aromatic heterocycles. The van der Waals surface area contributed by atoms with Crippen molar-refractivity contribution in [2.24, 2.45) is 17.8 Å². The molecule has 1 N–H and O–H groups in total. The number of hydrogen-bond donors (Lipinski definition) is 1. The summed E-state index contributed by atoms with van der Waals surface area (Å²) in [6.07, 6.45) is 8.36. The van der Waals surface area contributed by atoms with Crippen molar-refractivity contribution in [1.82, 2.24) is 10.2 Å². The number of rotatable bonds is 9. The first-order valence-electron chi connectivity index (χ1n) is 9.02. The second-order valence-corrected chi connectivity index (χ2v) is 7.13. The van der Waals surface area contributed by atoms with E-state index in [0.717, 1.165) is 30.3 Å². The van der Waals surface area contributed by atoms with E-state index in [4.69, 9.17) is 0 Å². The summed E-state index contributed by atoms with van der Waals surface area (Å²) < 4.78 is 0. The van der Waals surface area contributed by atoms with Crippen LogP contribution in [0.15, 0.2) is 0 Å². The molecular weight excluding hydrogens is 244 g/mol. The molecule has 2 nitrogen and oxygen atoms in total. The predicted molar refractivity (Wildman–Crippen MR) is 90.2 cm³/mol. The maximum Gasteiger partial charge on any atom is 0.0108 e. The van der Waals surface area contributed by atoms with Crippen LogP contribution in [0.25, 0.3) is 0 Å². The number of hydrogen-bond acceptors (Lipinski definition) is 2. The highest BCUT2D eigenvalue weighted by Crippen LogP contribution is 2.32. The molecule has 0 spiro atoms. The molecule has 0 amide bonds. The SMILES string of the molecule is CCCC1CCC(NCC)C(CN(C)CC(C)CC)C1. The van der Waals surface area contributed by atoms with Crippen LogP contribution in [0.5, 0.6) is 0 Å². The van der Waals surface area contributed by atoms with Gasteiger partial charge in [-0.05, 0) is 50.6 Å². The van der Waals surface area contributed by atoms with Crippen molar-refractivity contribution in [3.05, 3.63) is 0 Å². The zero-order chi connectivity index (χ0) is 15.0. The first kappa shape index (κ1) is 18.0. The van der Waals surface area contributed by atoms with Crippen molar-refractivity contribution >= 4 is 0 Å². The average molecular weight is 283 g/mol. The average Bonchev–Trinajstić information content (AvgIpc) is 2.42. The molecule has 0 radical (unpaired) electrons. The third kappa shape index (κ3) is 6.13. The molecule has 1 saturated carbocycles. The van der Waals surface area contributed by atoms with E-state index in [-0.39, 0.29) is 0 Å². The molecule has 1 rings (SSSR count). The van der Waals surface area contributed by atoms with Gasteiger partial charge in [0, 0.05) is 19.1 Å². The summed E-state index contributed by atoms with van der Waals surface area (Å²) in [6, 6.07) is 0.757. The van der Waals surface area contributed by atoms with Crippen LogP contribution >= 0.6 is 0 Å². The lowest BCUT2D eigenvalue weighted by molar-refractivity contribution is 0.142. The topological polar surface area (TPSA) is 15.3 Å². The van der Waals surface area contributed by atoms with Gasteiger partial charge in [0.2, 0.25) is 0 Å². The molecule has 0 aromatic rings. The molecular formula is C18H38N2. The highest BCUT2D eigenvalue weighted by molar-refractivity contribution is 4.86. The highest BCUT2D eigenvalue weighted by atomic mass is 15.1. The maximum absolute atomic E-state index is 3.74. The van der Waals surface area contributed by atoms with Gasteiger partial charge in [-0.25, -0.2) is 0 Å². The monoisotopic (exact) mass is 282 g/mol. The van der Waals surface area contributed by atoms with Crippen LogP contribution in [0, 0.1) is 17.8 Å². The fourth-order valence-electron chi connectivity index (χ4n) is 3.90. The molecule has 0 aliphatic heterocycles. The van der Waals surface area contributed by atoms with Crippen molar-refractivity contribution in [3.63, 3.8) is 0 Å². The highest BCUT2D eigenvalue weighted by Gasteiger charge is 2.30. The van der Waals surface area contributed by atoms with Crippen LogP contribution < -0.4 is 5.32 Å². The van der Waals surface area contributed by atoms with E-state index in [1.165, 1.54) is 51.6 Å². The van der Waals surface area contributed by atoms with Crippen LogP contribution in [0.4, 0.5) is 0 Å². The van der Waals surface area contributed by atoms with Crippen molar-refractivity contribution in [3.8, 4) is 0 Å². The Morgan fingerprint density at radius 2 is 1.95 bits per heavy atom. The third-order valence-corrected chi connectivity index (χ3v) is 5.12. The van der Waals surface area contributed by atoms with Gasteiger partial charge >= 0.3 is 0 Å². The van der Waals surface area contributed by atoms with E-state index in [0.29, 0.717) is 0 Å². The summed E-state index contributed by atoms with van der Waals surface area (Å²) in [7, 11) is 2.32. The normalized spacial score (nSPS) is 28.8. The fourth-order valence-corrected chi connectivity index (χ4v) is 3.90. The van der Waals surface area contributed by atoms with Crippen molar-refractivity contribution in [1.29, 1.82) is 0 Å². The Hall–Kier alpha value is -0.0800. The smallest absolute Gasteiger partial charge is 0.0108 e. The third-order valence-electron chi connectivity index (χ3n) is 5.12. The van der Waals surface area contributed by atoms with Crippen LogP contribution in [0.3, 0.4) is 0 Å². The molecule has 2 heteroatoms. The first-order valence-corrected chi connectivity index (χ1v) is 9.02. The Kier molecular flexibility index (Phi) is 8.79. The second-order valence-electron chi connectivity index (χ2n) is 7.13. The number of nitrogens with zero attached hydrogens (tertiary/aromatic N) is 1. The lowest BCUT2D eigenvalue weighted by Gasteiger charge is -2.39. The Labute approximate surface area is 127 Å². The minimum Gasteiger partial charge on any atom is -0.314 e. The van der Waals surface area contributed by atoms with Crippen molar-refractivity contribution in [2.45, 2.75) is 72.3 Å². The Morgan fingerprint density at radius 1 is 1.20 bits per heavy atom. The molecule has 20 heavy (non-hydrogen) atoms. The zero-order valence-electron chi connectivity index (χ0n) is 14.6. The Morgan fingerprint density at radius 3 is 2.55 bits per heavy atom. The first-order chi connectivity index (χ1) is 9.60. The molecule has 1 aliphatic carbocycles. The minimum atomic E-state index is 0.757. The van der Waals surface area contributed by atoms with E-state index in [1.807, 2.05) is 0 Å². The molecule has 4 unspecified atom stereocenters. The van der Waals surface area contributed by atoms with Crippen LogP contribution in [0.1, 0.15) is 66.2 Å². The summed E-state index contributed by atoms with van der Waals surface area (Å²) in [4.78, 5) is 2.58. The van der Waals surface area contributed by atoms with Crippen molar-refractivity contribution in [2.75, 3.05) is 26.7 Å². The molecule has 120 valence electrons. The van der Waals surface area contributed by atoms with E-state index >= 15 is 0 Å². The lowest BCUT2D eigenvalue weighted by Crippen LogP contribution is -2.45. The van der Waals surface area contributed by atoms with Gasteiger partial charge in [0.15, 0.2) is 0 Å². The van der Waals surface area contributed by atoms with Gasteiger partial charge in [-0.2, -0.15) is 0 Å². The van der Waals surface area contributed by atoms with Crippen LogP contribution in [-0.2, 0) is 0 Å². The molecule has 0 saturated heterocycles. The van der Waals surface area contributed by atoms with Gasteiger partial charge in [0.25, 0.3) is 0 Å². The van der Waals surface area contributed by atoms with Crippen LogP contribution in [0.2, 0.25) is 0 Å². The van der Waals surface area contributed by atoms with Gasteiger partial charge in [-0.1, -0.05) is 47.0 Å². The molecule has 4 atom stereocenters. The zero-order valence-corrected chi connectivity index (χ0v) is 14.6. The Balaban J connectivity index is 2.50. The predicted octanol–water partition coefficient (Wildman–Crippen LogP) is 4.16. The lowest BCUT2D eigenvalue weighted by atomic mass is 9.76. The Bertz CT molecular complexity index is 242. The summed E-state index contributed by atoms with van der Waals surface area (Å²) >= 11 is 0. The van der Waals surface area contributed by atoms with Gasteiger partial charge in [0.05, 0.1) is 0 Å². The van der Waals surface area contributed by atoms with Gasteiger partial charge in [-0.3, -0.25) is 0 Å². The van der Waals surface area contributed by atoms with E-state index < -0.39 is 0 Å². The molecule has 0 aromatic carbocycles. The van der Waals surface area contributed by atoms with E-state index in [2.05, 4.69) is 45.0 Å². The molecule has 0 heterocycles. The fraction of sp³-hybridized carbons (Fsp3) is 1.00. The second kappa shape index (κ2) is 9.78. The van der Waals surface area contributed by atoms with E-state index in [9.17, 15) is 0 Å². The van der Waals surface area contributed by atoms with Gasteiger partial charge < -0.3 is 10.2 Å². The van der Waals surface area contributed by atoms with Gasteiger partial charge in [0.1, 0.15) is 0 Å². The summed E-state index contributed by atoms with van der Waals surface area (Å²) in [5.74, 6) is 2.67. The summed E-state index contributed by atoms with van der Waals surface area (Å²) in [6.45, 7) is 12.9. The number of nitrogens with one attached hydrogen (secondary N) is 1. The van der Waals surface area contributed by atoms with Crippen LogP contribution in [-0.4, -0.2) is 37.6 Å². The summed E-state index contributed by atoms with van der Waals surface area (Å²) in [5, 5.41) is 3.74. The van der Waals surface area contributed by atoms with Gasteiger partial charge in [-0.15, -0.1) is 0 Å². The minimum absolute atomic E-state index is 0.757. The largest absolute Gasteiger partial charge is 0.314 e. The maximum atomic E-state index is 3.74. The molecule has 1 fully saturated rings. The quantitative estimate of drug-likeness (QED) is 0.683. The van der Waals surface area contributed by atoms with E-state index in [1.54, 1.807) is 0 Å².